The molecule has 0 aromatic carbocycles. The molecule has 0 saturated heterocycles. The number of ether oxygens (including phenoxy) is 2. The number of hydrogen-bond donors (Lipinski definition) is 0. The summed E-state index contributed by atoms with van der Waals surface area (Å²) in [4.78, 5) is 16.3. The monoisotopic (exact) mass is 324 g/mol. The molecule has 0 aliphatic rings. The van der Waals surface area contributed by atoms with Crippen molar-refractivity contribution in [1.82, 2.24) is 9.55 Å². The zero-order valence-electron chi connectivity index (χ0n) is 13.4. The van der Waals surface area contributed by atoms with Crippen molar-refractivity contribution in [3.05, 3.63) is 29.2 Å². The number of esters is 1. The van der Waals surface area contributed by atoms with Gasteiger partial charge in [0, 0.05) is 38.0 Å². The topological polar surface area (TPSA) is 53.4 Å². The Bertz CT molecular complexity index is 674. The highest BCUT2D eigenvalue weighted by Gasteiger charge is 2.20. The Kier molecular flexibility index (Phi) is 5.08. The van der Waals surface area contributed by atoms with E-state index in [-0.39, 0.29) is 5.69 Å². The molecule has 0 N–H and O–H groups in total. The fourth-order valence-corrected chi connectivity index (χ4v) is 2.41. The van der Waals surface area contributed by atoms with Crippen LogP contribution in [0.1, 0.15) is 37.7 Å². The molecule has 6 heteroatoms. The van der Waals surface area contributed by atoms with E-state index in [9.17, 15) is 4.79 Å². The van der Waals surface area contributed by atoms with Crippen molar-refractivity contribution in [2.24, 2.45) is 0 Å². The summed E-state index contributed by atoms with van der Waals surface area (Å²) in [5.41, 5.74) is 0.605. The van der Waals surface area contributed by atoms with Gasteiger partial charge in [-0.25, -0.2) is 9.78 Å². The van der Waals surface area contributed by atoms with Crippen LogP contribution in [0.2, 0.25) is 5.02 Å². The van der Waals surface area contributed by atoms with Crippen molar-refractivity contribution in [2.45, 2.75) is 39.3 Å². The summed E-state index contributed by atoms with van der Waals surface area (Å²) >= 11 is 6.22. The maximum atomic E-state index is 12.1. The highest BCUT2D eigenvalue weighted by Crippen LogP contribution is 2.26. The first-order valence-electron chi connectivity index (χ1n) is 7.18. The van der Waals surface area contributed by atoms with Crippen molar-refractivity contribution in [3.8, 4) is 0 Å². The van der Waals surface area contributed by atoms with Crippen molar-refractivity contribution in [1.29, 1.82) is 0 Å². The molecular weight excluding hydrogens is 304 g/mol. The Morgan fingerprint density at radius 2 is 2.14 bits per heavy atom. The SMILES string of the molecule is COCCCn1cc(Cl)c2cnc(C(=O)OC(C)(C)C)cc21. The first-order chi connectivity index (χ1) is 10.3. The Morgan fingerprint density at radius 1 is 1.41 bits per heavy atom. The van der Waals surface area contributed by atoms with E-state index >= 15 is 0 Å². The Balaban J connectivity index is 2.31. The van der Waals surface area contributed by atoms with E-state index in [0.29, 0.717) is 11.6 Å². The number of methoxy groups -OCH3 is 1. The smallest absolute Gasteiger partial charge is 0.357 e. The molecule has 2 aromatic rings. The molecule has 2 heterocycles. The van der Waals surface area contributed by atoms with Crippen LogP contribution >= 0.6 is 11.6 Å². The number of halogens is 1. The molecule has 0 spiro atoms. The van der Waals surface area contributed by atoms with Gasteiger partial charge in [-0.05, 0) is 33.3 Å². The van der Waals surface area contributed by atoms with Gasteiger partial charge in [-0.15, -0.1) is 0 Å². The fraction of sp³-hybridized carbons (Fsp3) is 0.500. The van der Waals surface area contributed by atoms with Gasteiger partial charge in [0.1, 0.15) is 11.3 Å². The zero-order valence-corrected chi connectivity index (χ0v) is 14.1. The molecule has 120 valence electrons. The molecule has 5 nitrogen and oxygen atoms in total. The lowest BCUT2D eigenvalue weighted by atomic mass is 10.2. The second kappa shape index (κ2) is 6.67. The first-order valence-corrected chi connectivity index (χ1v) is 7.56. The molecular formula is C16H21ClN2O3. The molecule has 0 amide bonds. The predicted molar refractivity (Wildman–Crippen MR) is 86.4 cm³/mol. The van der Waals surface area contributed by atoms with Gasteiger partial charge in [0.25, 0.3) is 0 Å². The van der Waals surface area contributed by atoms with E-state index < -0.39 is 11.6 Å². The van der Waals surface area contributed by atoms with Crippen LogP contribution in [0.25, 0.3) is 10.9 Å². The van der Waals surface area contributed by atoms with Crippen LogP contribution in [0.5, 0.6) is 0 Å². The molecule has 0 bridgehead atoms. The molecule has 0 atom stereocenters. The maximum Gasteiger partial charge on any atom is 0.357 e. The van der Waals surface area contributed by atoms with E-state index in [0.717, 1.165) is 23.9 Å². The van der Waals surface area contributed by atoms with Crippen LogP contribution in [0.15, 0.2) is 18.5 Å². The maximum absolute atomic E-state index is 12.1. The summed E-state index contributed by atoms with van der Waals surface area (Å²) in [6.07, 6.45) is 4.33. The number of aryl methyl sites for hydroxylation is 1. The summed E-state index contributed by atoms with van der Waals surface area (Å²) in [5.74, 6) is -0.435. The average Bonchev–Trinajstić information content (AvgIpc) is 2.74. The first kappa shape index (κ1) is 16.8. The molecule has 0 fully saturated rings. The van der Waals surface area contributed by atoms with Gasteiger partial charge >= 0.3 is 5.97 Å². The summed E-state index contributed by atoms with van der Waals surface area (Å²) < 4.78 is 12.4. The molecule has 0 aliphatic heterocycles. The minimum atomic E-state index is -0.550. The van der Waals surface area contributed by atoms with Crippen molar-refractivity contribution in [2.75, 3.05) is 13.7 Å². The predicted octanol–water partition coefficient (Wildman–Crippen LogP) is 3.68. The van der Waals surface area contributed by atoms with E-state index in [1.165, 1.54) is 0 Å². The highest BCUT2D eigenvalue weighted by molar-refractivity contribution is 6.35. The molecule has 0 radical (unpaired) electrons. The second-order valence-corrected chi connectivity index (χ2v) is 6.51. The van der Waals surface area contributed by atoms with E-state index in [4.69, 9.17) is 21.1 Å². The summed E-state index contributed by atoms with van der Waals surface area (Å²) in [7, 11) is 1.67. The molecule has 2 aromatic heterocycles. The number of rotatable bonds is 5. The largest absolute Gasteiger partial charge is 0.455 e. The van der Waals surface area contributed by atoms with E-state index in [1.54, 1.807) is 19.4 Å². The minimum absolute atomic E-state index is 0.283. The third kappa shape index (κ3) is 3.99. The lowest BCUT2D eigenvalue weighted by Crippen LogP contribution is -2.24. The van der Waals surface area contributed by atoms with Gasteiger partial charge < -0.3 is 14.0 Å². The number of carbonyl (C=O) groups excluding carboxylic acids is 1. The van der Waals surface area contributed by atoms with Crippen LogP contribution < -0.4 is 0 Å². The van der Waals surface area contributed by atoms with Gasteiger partial charge in [-0.2, -0.15) is 0 Å². The molecule has 2 rings (SSSR count). The Morgan fingerprint density at radius 3 is 2.77 bits per heavy atom. The number of carbonyl (C=O) groups is 1. The van der Waals surface area contributed by atoms with Crippen LogP contribution in [0.4, 0.5) is 0 Å². The van der Waals surface area contributed by atoms with Crippen molar-refractivity contribution in [3.63, 3.8) is 0 Å². The van der Waals surface area contributed by atoms with Gasteiger partial charge in [0.15, 0.2) is 0 Å². The van der Waals surface area contributed by atoms with Crippen molar-refractivity contribution < 1.29 is 14.3 Å². The van der Waals surface area contributed by atoms with Crippen LogP contribution in [0, 0.1) is 0 Å². The average molecular weight is 325 g/mol. The normalized spacial score (nSPS) is 11.9. The van der Waals surface area contributed by atoms with Crippen molar-refractivity contribution >= 4 is 28.5 Å². The quantitative estimate of drug-likeness (QED) is 0.622. The van der Waals surface area contributed by atoms with E-state index in [2.05, 4.69) is 4.98 Å². The van der Waals surface area contributed by atoms with Gasteiger partial charge in [-0.1, -0.05) is 11.6 Å². The fourth-order valence-electron chi connectivity index (χ4n) is 2.15. The highest BCUT2D eigenvalue weighted by atomic mass is 35.5. The number of nitrogens with zero attached hydrogens (tertiary/aromatic N) is 2. The third-order valence-electron chi connectivity index (χ3n) is 3.07. The number of aromatic nitrogens is 2. The summed E-state index contributed by atoms with van der Waals surface area (Å²) in [6.45, 7) is 6.91. The molecule has 22 heavy (non-hydrogen) atoms. The number of fused-ring (bicyclic) bond motifs is 1. The third-order valence-corrected chi connectivity index (χ3v) is 3.37. The number of hydrogen-bond acceptors (Lipinski definition) is 4. The van der Waals surface area contributed by atoms with Gasteiger partial charge in [-0.3, -0.25) is 0 Å². The molecule has 0 aliphatic carbocycles. The Labute approximate surface area is 135 Å². The van der Waals surface area contributed by atoms with Crippen LogP contribution in [0.3, 0.4) is 0 Å². The lowest BCUT2D eigenvalue weighted by Gasteiger charge is -2.19. The van der Waals surface area contributed by atoms with Gasteiger partial charge in [0.2, 0.25) is 0 Å². The second-order valence-electron chi connectivity index (χ2n) is 6.11. The molecule has 0 saturated carbocycles. The Hall–Kier alpha value is -1.59. The molecule has 0 unspecified atom stereocenters. The minimum Gasteiger partial charge on any atom is -0.455 e. The summed E-state index contributed by atoms with van der Waals surface area (Å²) in [6, 6.07) is 1.72. The standard InChI is InChI=1S/C16H21ClN2O3/c1-16(2,3)22-15(20)13-8-14-11(9-18-13)12(17)10-19(14)6-5-7-21-4/h8-10H,5-7H2,1-4H3. The number of pyridine rings is 1. The lowest BCUT2D eigenvalue weighted by molar-refractivity contribution is 0.00630. The van der Waals surface area contributed by atoms with Crippen LogP contribution in [-0.2, 0) is 16.0 Å². The summed E-state index contributed by atoms with van der Waals surface area (Å²) in [5, 5.41) is 1.45. The van der Waals surface area contributed by atoms with Gasteiger partial charge in [0.05, 0.1) is 10.5 Å². The zero-order chi connectivity index (χ0) is 16.3. The van der Waals surface area contributed by atoms with E-state index in [1.807, 2.05) is 31.5 Å². The van der Waals surface area contributed by atoms with Crippen LogP contribution in [-0.4, -0.2) is 34.8 Å².